The van der Waals surface area contributed by atoms with Gasteiger partial charge in [-0.3, -0.25) is 14.5 Å². The maximum absolute atomic E-state index is 13.4. The standard InChI is InChI=1S/C24H28N2O6S/c1-3-32-17-7-6-16(15-18(17)30-2)21-20(22(27)19-5-4-14-33-19)23(28)24(29)26(21)9-8-25-10-12-31-13-11-25/h4-7,14-15,21,28H,3,8-13H2,1-2H3/t21-/m0/s1. The molecular weight excluding hydrogens is 444 g/mol. The summed E-state index contributed by atoms with van der Waals surface area (Å²) >= 11 is 1.28. The van der Waals surface area contributed by atoms with Crippen molar-refractivity contribution in [3.8, 4) is 11.5 Å². The van der Waals surface area contributed by atoms with Crippen molar-refractivity contribution >= 4 is 23.0 Å². The number of ether oxygens (including phenoxy) is 3. The number of carbonyl (C=O) groups excluding carboxylic acids is 2. The zero-order valence-corrected chi connectivity index (χ0v) is 19.6. The lowest BCUT2D eigenvalue weighted by molar-refractivity contribution is -0.129. The summed E-state index contributed by atoms with van der Waals surface area (Å²) in [5.74, 6) is -0.298. The molecule has 0 aliphatic carbocycles. The Morgan fingerprint density at radius 3 is 2.67 bits per heavy atom. The summed E-state index contributed by atoms with van der Waals surface area (Å²) in [4.78, 5) is 30.7. The van der Waals surface area contributed by atoms with Crippen molar-refractivity contribution < 1.29 is 28.9 Å². The Hall–Kier alpha value is -2.88. The average molecular weight is 473 g/mol. The number of amides is 1. The number of nitrogens with zero attached hydrogens (tertiary/aromatic N) is 2. The van der Waals surface area contributed by atoms with Crippen molar-refractivity contribution in [3.05, 3.63) is 57.5 Å². The number of thiophene rings is 1. The van der Waals surface area contributed by atoms with Crippen LogP contribution in [0.4, 0.5) is 0 Å². The molecule has 0 radical (unpaired) electrons. The van der Waals surface area contributed by atoms with E-state index >= 15 is 0 Å². The molecule has 8 nitrogen and oxygen atoms in total. The Morgan fingerprint density at radius 1 is 1.21 bits per heavy atom. The van der Waals surface area contributed by atoms with Gasteiger partial charge in [0.15, 0.2) is 17.3 Å². The summed E-state index contributed by atoms with van der Waals surface area (Å²) in [6.07, 6.45) is 0. The monoisotopic (exact) mass is 472 g/mol. The van der Waals surface area contributed by atoms with Crippen LogP contribution in [-0.4, -0.2) is 79.7 Å². The van der Waals surface area contributed by atoms with Crippen LogP contribution in [-0.2, 0) is 9.53 Å². The first kappa shape index (κ1) is 23.3. The Morgan fingerprint density at radius 2 is 2.00 bits per heavy atom. The van der Waals surface area contributed by atoms with Crippen LogP contribution in [0.1, 0.15) is 28.2 Å². The molecule has 2 aliphatic rings. The molecule has 4 rings (SSSR count). The number of aliphatic hydroxyl groups is 1. The summed E-state index contributed by atoms with van der Waals surface area (Å²) in [6.45, 7) is 6.21. The van der Waals surface area contributed by atoms with Crippen LogP contribution in [0.2, 0.25) is 0 Å². The van der Waals surface area contributed by atoms with E-state index in [0.29, 0.717) is 54.8 Å². The van der Waals surface area contributed by atoms with Gasteiger partial charge in [-0.1, -0.05) is 12.1 Å². The molecule has 1 fully saturated rings. The minimum absolute atomic E-state index is 0.0932. The second kappa shape index (κ2) is 10.4. The normalized spacial score (nSPS) is 19.3. The first-order valence-electron chi connectivity index (χ1n) is 11.0. The number of Topliss-reactive ketones (excluding diaryl/α,β-unsaturated/α-hetero) is 1. The van der Waals surface area contributed by atoms with Gasteiger partial charge in [0, 0.05) is 26.2 Å². The number of methoxy groups -OCH3 is 1. The number of ketones is 1. The van der Waals surface area contributed by atoms with E-state index < -0.39 is 17.7 Å². The molecule has 0 unspecified atom stereocenters. The largest absolute Gasteiger partial charge is 0.503 e. The molecule has 1 aromatic heterocycles. The summed E-state index contributed by atoms with van der Waals surface area (Å²) in [5, 5.41) is 12.6. The third-order valence-electron chi connectivity index (χ3n) is 5.86. The maximum Gasteiger partial charge on any atom is 0.290 e. The molecule has 9 heteroatoms. The van der Waals surface area contributed by atoms with E-state index in [2.05, 4.69) is 4.90 Å². The van der Waals surface area contributed by atoms with Crippen molar-refractivity contribution in [3.63, 3.8) is 0 Å². The van der Waals surface area contributed by atoms with E-state index in [1.165, 1.54) is 11.3 Å². The molecule has 1 N–H and O–H groups in total. The lowest BCUT2D eigenvalue weighted by Gasteiger charge is -2.31. The fourth-order valence-corrected chi connectivity index (χ4v) is 4.88. The molecule has 1 aromatic carbocycles. The predicted octanol–water partition coefficient (Wildman–Crippen LogP) is 3.07. The van der Waals surface area contributed by atoms with E-state index in [4.69, 9.17) is 14.2 Å². The van der Waals surface area contributed by atoms with Gasteiger partial charge in [0.2, 0.25) is 5.78 Å². The van der Waals surface area contributed by atoms with E-state index in [1.807, 2.05) is 13.0 Å². The van der Waals surface area contributed by atoms with Crippen LogP contribution in [0.3, 0.4) is 0 Å². The number of hydrogen-bond donors (Lipinski definition) is 1. The molecule has 1 amide bonds. The summed E-state index contributed by atoms with van der Waals surface area (Å²) < 4.78 is 16.5. The van der Waals surface area contributed by atoms with E-state index in [9.17, 15) is 14.7 Å². The molecule has 1 atom stereocenters. The molecule has 1 saturated heterocycles. The highest BCUT2D eigenvalue weighted by Gasteiger charge is 2.44. The molecule has 3 heterocycles. The van der Waals surface area contributed by atoms with Gasteiger partial charge >= 0.3 is 0 Å². The molecule has 0 saturated carbocycles. The van der Waals surface area contributed by atoms with E-state index in [1.54, 1.807) is 41.7 Å². The number of aliphatic hydroxyl groups excluding tert-OH is 1. The molecular formula is C24H28N2O6S. The number of carbonyl (C=O) groups is 2. The predicted molar refractivity (Wildman–Crippen MR) is 124 cm³/mol. The van der Waals surface area contributed by atoms with Gasteiger partial charge in [0.25, 0.3) is 5.91 Å². The fourth-order valence-electron chi connectivity index (χ4n) is 4.21. The van der Waals surface area contributed by atoms with Crippen molar-refractivity contribution in [1.29, 1.82) is 0 Å². The van der Waals surface area contributed by atoms with Crippen molar-refractivity contribution in [1.82, 2.24) is 9.80 Å². The Kier molecular flexibility index (Phi) is 7.32. The molecule has 2 aromatic rings. The van der Waals surface area contributed by atoms with Gasteiger partial charge in [-0.2, -0.15) is 0 Å². The minimum atomic E-state index is -0.724. The summed E-state index contributed by atoms with van der Waals surface area (Å²) in [5.41, 5.74) is 0.769. The number of benzene rings is 1. The van der Waals surface area contributed by atoms with Crippen molar-refractivity contribution in [2.45, 2.75) is 13.0 Å². The van der Waals surface area contributed by atoms with E-state index in [-0.39, 0.29) is 11.4 Å². The van der Waals surface area contributed by atoms with Gasteiger partial charge in [-0.25, -0.2) is 0 Å². The van der Waals surface area contributed by atoms with Gasteiger partial charge in [-0.15, -0.1) is 11.3 Å². The highest BCUT2D eigenvalue weighted by molar-refractivity contribution is 7.12. The van der Waals surface area contributed by atoms with Crippen LogP contribution in [0.25, 0.3) is 0 Å². The molecule has 176 valence electrons. The number of rotatable bonds is 9. The second-order valence-corrected chi connectivity index (χ2v) is 8.71. The minimum Gasteiger partial charge on any atom is -0.503 e. The summed E-state index contributed by atoms with van der Waals surface area (Å²) in [7, 11) is 1.54. The lowest BCUT2D eigenvalue weighted by Crippen LogP contribution is -2.43. The highest BCUT2D eigenvalue weighted by Crippen LogP contribution is 2.42. The Bertz CT molecular complexity index is 1030. The zero-order chi connectivity index (χ0) is 23.4. The zero-order valence-electron chi connectivity index (χ0n) is 18.8. The number of hydrogen-bond acceptors (Lipinski definition) is 8. The smallest absolute Gasteiger partial charge is 0.290 e. The molecule has 2 aliphatic heterocycles. The Labute approximate surface area is 197 Å². The highest BCUT2D eigenvalue weighted by atomic mass is 32.1. The van der Waals surface area contributed by atoms with Crippen LogP contribution in [0, 0.1) is 0 Å². The summed E-state index contributed by atoms with van der Waals surface area (Å²) in [6, 6.07) is 8.10. The lowest BCUT2D eigenvalue weighted by atomic mass is 9.95. The Balaban J connectivity index is 1.70. The molecule has 33 heavy (non-hydrogen) atoms. The third-order valence-corrected chi connectivity index (χ3v) is 6.73. The van der Waals surface area contributed by atoms with Gasteiger partial charge < -0.3 is 24.2 Å². The topological polar surface area (TPSA) is 88.5 Å². The quantitative estimate of drug-likeness (QED) is 0.561. The number of morpholine rings is 1. The third kappa shape index (κ3) is 4.75. The van der Waals surface area contributed by atoms with Crippen molar-refractivity contribution in [2.75, 3.05) is 53.1 Å². The van der Waals surface area contributed by atoms with Gasteiger partial charge in [-0.05, 0) is 36.1 Å². The average Bonchev–Trinajstić information content (AvgIpc) is 3.46. The first-order chi connectivity index (χ1) is 16.0. The van der Waals surface area contributed by atoms with Gasteiger partial charge in [0.1, 0.15) is 0 Å². The van der Waals surface area contributed by atoms with Crippen molar-refractivity contribution in [2.24, 2.45) is 0 Å². The molecule has 0 spiro atoms. The first-order valence-corrected chi connectivity index (χ1v) is 11.9. The van der Waals surface area contributed by atoms with Crippen LogP contribution < -0.4 is 9.47 Å². The van der Waals surface area contributed by atoms with Gasteiger partial charge in [0.05, 0.1) is 43.4 Å². The van der Waals surface area contributed by atoms with E-state index in [0.717, 1.165) is 13.1 Å². The van der Waals surface area contributed by atoms with Crippen LogP contribution in [0.5, 0.6) is 11.5 Å². The second-order valence-electron chi connectivity index (χ2n) is 7.77. The van der Waals surface area contributed by atoms with Crippen LogP contribution >= 0.6 is 11.3 Å². The van der Waals surface area contributed by atoms with Crippen LogP contribution in [0.15, 0.2) is 47.0 Å². The fraction of sp³-hybridized carbons (Fsp3) is 0.417. The molecule has 0 bridgehead atoms. The SMILES string of the molecule is CCOc1ccc([C@H]2C(C(=O)c3cccs3)=C(O)C(=O)N2CCN2CCOCC2)cc1OC. The maximum atomic E-state index is 13.4.